The summed E-state index contributed by atoms with van der Waals surface area (Å²) in [4.78, 5) is 0. The zero-order valence-electron chi connectivity index (χ0n) is 28.2. The Morgan fingerprint density at radius 1 is 0.200 bits per heavy atom. The highest BCUT2D eigenvalue weighted by molar-refractivity contribution is 7.81. The number of rotatable bonds is 14. The van der Waals surface area contributed by atoms with Gasteiger partial charge in [0, 0.05) is 0 Å². The molecule has 0 bridgehead atoms. The van der Waals surface area contributed by atoms with E-state index in [2.05, 4.69) is 206 Å². The Bertz CT molecular complexity index is 1780. The van der Waals surface area contributed by atoms with E-state index < -0.39 is 31.7 Å². The Labute approximate surface area is 303 Å². The molecule has 0 N–H and O–H groups in total. The summed E-state index contributed by atoms with van der Waals surface area (Å²) in [5, 5.41) is 11.9. The van der Waals surface area contributed by atoms with Gasteiger partial charge >= 0.3 is 0 Å². The Morgan fingerprint density at radius 3 is 0.620 bits per heavy atom. The third-order valence-corrected chi connectivity index (χ3v) is 20.0. The molecule has 0 aliphatic heterocycles. The molecule has 2 unspecified atom stereocenters. The van der Waals surface area contributed by atoms with E-state index in [1.807, 2.05) is 0 Å². The van der Waals surface area contributed by atoms with Gasteiger partial charge in [-0.1, -0.05) is 206 Å². The first kappa shape index (κ1) is 34.7. The Hall–Kier alpha value is -3.74. The number of hydrogen-bond donors (Lipinski definition) is 0. The Kier molecular flexibility index (Phi) is 12.5. The molecular weight excluding hydrogens is 676 g/mol. The first-order valence-electron chi connectivity index (χ1n) is 17.3. The molecular formula is C46H42P4. The maximum atomic E-state index is 2.47. The normalized spacial score (nSPS) is 12.5. The van der Waals surface area contributed by atoms with E-state index in [4.69, 9.17) is 0 Å². The fourth-order valence-corrected chi connectivity index (χ4v) is 18.1. The van der Waals surface area contributed by atoms with Gasteiger partial charge in [-0.3, -0.25) is 0 Å². The van der Waals surface area contributed by atoms with Crippen molar-refractivity contribution >= 4 is 74.1 Å². The summed E-state index contributed by atoms with van der Waals surface area (Å²) in [5.74, 6) is 0. The molecule has 0 aliphatic carbocycles. The third kappa shape index (κ3) is 8.76. The van der Waals surface area contributed by atoms with Crippen LogP contribution in [0, 0.1) is 0 Å². The lowest BCUT2D eigenvalue weighted by atomic mass is 10.4. The summed E-state index contributed by atoms with van der Waals surface area (Å²) in [5.41, 5.74) is 0. The monoisotopic (exact) mass is 718 g/mol. The summed E-state index contributed by atoms with van der Waals surface area (Å²) >= 11 is 0. The standard InChI is InChI=1S/C46H42P4/c1-7-21-39(22-8-1)47(40-23-9-2-10-24-40)35-37-49(43-29-15-5-16-30-43)45-33-19-20-34-46(45)50(44-31-17-6-18-32-44)38-36-48(41-25-11-3-12-26-41)42-27-13-4-14-28-42/h1-34H,35-38H2. The van der Waals surface area contributed by atoms with E-state index in [-0.39, 0.29) is 0 Å². The second kappa shape index (κ2) is 18.0. The van der Waals surface area contributed by atoms with Crippen LogP contribution in [0.15, 0.2) is 206 Å². The van der Waals surface area contributed by atoms with Gasteiger partial charge in [0.1, 0.15) is 0 Å². The van der Waals surface area contributed by atoms with Crippen LogP contribution < -0.4 is 42.4 Å². The quantitative estimate of drug-likeness (QED) is 0.0987. The molecule has 50 heavy (non-hydrogen) atoms. The van der Waals surface area contributed by atoms with Crippen LogP contribution in [0.5, 0.6) is 0 Å². The van der Waals surface area contributed by atoms with Crippen molar-refractivity contribution in [3.05, 3.63) is 206 Å². The molecule has 2 atom stereocenters. The predicted molar refractivity (Wildman–Crippen MR) is 229 cm³/mol. The molecule has 0 spiro atoms. The van der Waals surface area contributed by atoms with E-state index in [0.717, 1.165) is 24.6 Å². The zero-order valence-corrected chi connectivity index (χ0v) is 31.8. The van der Waals surface area contributed by atoms with Crippen molar-refractivity contribution in [3.63, 3.8) is 0 Å². The molecule has 0 fully saturated rings. The SMILES string of the molecule is c1ccc(P(CCP(c2ccccc2)c2ccccc2P(CCP(c2ccccc2)c2ccccc2)c2ccccc2)c2ccccc2)cc1. The van der Waals surface area contributed by atoms with Crippen molar-refractivity contribution in [2.24, 2.45) is 0 Å². The lowest BCUT2D eigenvalue weighted by Gasteiger charge is -2.29. The van der Waals surface area contributed by atoms with Crippen LogP contribution in [0.4, 0.5) is 0 Å². The third-order valence-electron chi connectivity index (χ3n) is 8.96. The van der Waals surface area contributed by atoms with Gasteiger partial charge < -0.3 is 0 Å². The molecule has 4 heteroatoms. The second-order valence-corrected chi connectivity index (χ2v) is 21.4. The molecule has 0 aliphatic rings. The van der Waals surface area contributed by atoms with Crippen molar-refractivity contribution in [2.45, 2.75) is 0 Å². The lowest BCUT2D eigenvalue weighted by Crippen LogP contribution is -2.31. The fraction of sp³-hybridized carbons (Fsp3) is 0.0870. The van der Waals surface area contributed by atoms with Crippen LogP contribution >= 0.6 is 31.7 Å². The van der Waals surface area contributed by atoms with E-state index in [1.54, 1.807) is 10.6 Å². The van der Waals surface area contributed by atoms with Gasteiger partial charge in [-0.05, 0) is 98.8 Å². The summed E-state index contributed by atoms with van der Waals surface area (Å²) in [6.07, 6.45) is 4.64. The Morgan fingerprint density at radius 2 is 0.380 bits per heavy atom. The average Bonchev–Trinajstić information content (AvgIpc) is 3.20. The van der Waals surface area contributed by atoms with Gasteiger partial charge in [0.15, 0.2) is 0 Å². The van der Waals surface area contributed by atoms with Crippen molar-refractivity contribution in [1.29, 1.82) is 0 Å². The maximum absolute atomic E-state index is 2.47. The van der Waals surface area contributed by atoms with Crippen LogP contribution in [-0.4, -0.2) is 24.6 Å². The Balaban J connectivity index is 1.27. The molecule has 0 saturated heterocycles. The minimum atomic E-state index is -0.584. The molecule has 0 amide bonds. The second-order valence-electron chi connectivity index (χ2n) is 12.1. The molecule has 0 aromatic heterocycles. The summed E-state index contributed by atoms with van der Waals surface area (Å²) in [7, 11) is -2.12. The topological polar surface area (TPSA) is 0 Å². The van der Waals surface area contributed by atoms with Crippen LogP contribution in [-0.2, 0) is 0 Å². The van der Waals surface area contributed by atoms with E-state index in [0.29, 0.717) is 0 Å². The summed E-state index contributed by atoms with van der Waals surface area (Å²) in [6, 6.07) is 77.2. The van der Waals surface area contributed by atoms with Crippen LogP contribution in [0.25, 0.3) is 0 Å². The largest absolute Gasteiger partial charge is 0.0622 e. The van der Waals surface area contributed by atoms with Gasteiger partial charge in [-0.15, -0.1) is 0 Å². The molecule has 7 rings (SSSR count). The minimum Gasteiger partial charge on any atom is -0.0622 e. The van der Waals surface area contributed by atoms with Crippen LogP contribution in [0.2, 0.25) is 0 Å². The van der Waals surface area contributed by atoms with Crippen molar-refractivity contribution in [1.82, 2.24) is 0 Å². The smallest absolute Gasteiger partial charge is 0.0115 e. The molecule has 0 saturated carbocycles. The van der Waals surface area contributed by atoms with Gasteiger partial charge in [0.05, 0.1) is 0 Å². The highest BCUT2D eigenvalue weighted by Gasteiger charge is 2.26. The van der Waals surface area contributed by atoms with E-state index in [1.165, 1.54) is 31.8 Å². The van der Waals surface area contributed by atoms with Gasteiger partial charge in [0.25, 0.3) is 0 Å². The van der Waals surface area contributed by atoms with Gasteiger partial charge in [-0.2, -0.15) is 0 Å². The van der Waals surface area contributed by atoms with Crippen LogP contribution in [0.3, 0.4) is 0 Å². The van der Waals surface area contributed by atoms with E-state index in [9.17, 15) is 0 Å². The van der Waals surface area contributed by atoms with Gasteiger partial charge in [-0.25, -0.2) is 0 Å². The average molecular weight is 719 g/mol. The number of benzene rings is 7. The molecule has 0 nitrogen and oxygen atoms in total. The maximum Gasteiger partial charge on any atom is -0.0115 e. The van der Waals surface area contributed by atoms with Crippen molar-refractivity contribution in [3.8, 4) is 0 Å². The summed E-state index contributed by atoms with van der Waals surface area (Å²) in [6.45, 7) is 0. The fourth-order valence-electron chi connectivity index (χ4n) is 6.56. The zero-order chi connectivity index (χ0) is 33.8. The predicted octanol–water partition coefficient (Wildman–Crippen LogP) is 8.82. The van der Waals surface area contributed by atoms with Gasteiger partial charge in [0.2, 0.25) is 0 Å². The highest BCUT2D eigenvalue weighted by atomic mass is 31.1. The molecule has 246 valence electrons. The van der Waals surface area contributed by atoms with Crippen molar-refractivity contribution < 1.29 is 0 Å². The van der Waals surface area contributed by atoms with Crippen LogP contribution in [0.1, 0.15) is 0 Å². The first-order chi connectivity index (χ1) is 24.8. The van der Waals surface area contributed by atoms with Crippen molar-refractivity contribution in [2.75, 3.05) is 24.6 Å². The lowest BCUT2D eigenvalue weighted by molar-refractivity contribution is 1.50. The minimum absolute atomic E-state index is 0.476. The summed E-state index contributed by atoms with van der Waals surface area (Å²) < 4.78 is 0. The molecule has 0 radical (unpaired) electrons. The van der Waals surface area contributed by atoms with E-state index >= 15 is 0 Å². The molecule has 0 heterocycles. The molecule has 7 aromatic rings. The first-order valence-corrected chi connectivity index (χ1v) is 23.5. The number of hydrogen-bond acceptors (Lipinski definition) is 0. The highest BCUT2D eigenvalue weighted by Crippen LogP contribution is 2.45. The molecule has 7 aromatic carbocycles.